The van der Waals surface area contributed by atoms with Gasteiger partial charge in [0.2, 0.25) is 0 Å². The maximum atomic E-state index is 10.2. The first-order valence-corrected chi connectivity index (χ1v) is 7.14. The minimum Gasteiger partial charge on any atom is -0.392 e. The van der Waals surface area contributed by atoms with Gasteiger partial charge in [-0.25, -0.2) is 0 Å². The Morgan fingerprint density at radius 3 is 2.55 bits per heavy atom. The lowest BCUT2D eigenvalue weighted by molar-refractivity contribution is -0.153. The second kappa shape index (κ2) is 6.08. The molecule has 4 atom stereocenters. The third kappa shape index (κ3) is 3.29. The fourth-order valence-corrected chi connectivity index (χ4v) is 2.68. The number of hydrogen-bond donors (Lipinski definition) is 1. The summed E-state index contributed by atoms with van der Waals surface area (Å²) < 4.78 is 12.1. The van der Waals surface area contributed by atoms with Crippen LogP contribution in [0.3, 0.4) is 0 Å². The number of aliphatic hydroxyl groups excluding tert-OH is 1. The lowest BCUT2D eigenvalue weighted by atomic mass is 9.89. The van der Waals surface area contributed by atoms with E-state index < -0.39 is 11.9 Å². The van der Waals surface area contributed by atoms with Crippen molar-refractivity contribution in [3.8, 4) is 0 Å². The van der Waals surface area contributed by atoms with Crippen molar-refractivity contribution >= 4 is 0 Å². The highest BCUT2D eigenvalue weighted by atomic mass is 16.8. The van der Waals surface area contributed by atoms with Crippen LogP contribution in [0.25, 0.3) is 0 Å². The van der Waals surface area contributed by atoms with Crippen molar-refractivity contribution < 1.29 is 14.6 Å². The van der Waals surface area contributed by atoms with Crippen molar-refractivity contribution in [1.29, 1.82) is 0 Å². The van der Waals surface area contributed by atoms with E-state index >= 15 is 0 Å². The molecule has 0 aromatic heterocycles. The van der Waals surface area contributed by atoms with Gasteiger partial charge in [-0.15, -0.1) is 6.58 Å². The Balaban J connectivity index is 2.22. The number of aliphatic hydroxyl groups is 1. The zero-order valence-corrected chi connectivity index (χ0v) is 12.5. The predicted molar refractivity (Wildman–Crippen MR) is 79.2 cm³/mol. The molecule has 110 valence electrons. The van der Waals surface area contributed by atoms with Gasteiger partial charge < -0.3 is 14.6 Å². The van der Waals surface area contributed by atoms with Gasteiger partial charge in [0.15, 0.2) is 5.79 Å². The van der Waals surface area contributed by atoms with Crippen LogP contribution in [0, 0.1) is 5.92 Å². The van der Waals surface area contributed by atoms with Crippen LogP contribution in [0.15, 0.2) is 43.0 Å². The van der Waals surface area contributed by atoms with Crippen LogP contribution < -0.4 is 0 Å². The van der Waals surface area contributed by atoms with E-state index in [4.69, 9.17) is 9.47 Å². The molecule has 1 aliphatic rings. The van der Waals surface area contributed by atoms with Crippen molar-refractivity contribution in [3.63, 3.8) is 0 Å². The molecule has 0 aliphatic carbocycles. The topological polar surface area (TPSA) is 38.7 Å². The fourth-order valence-electron chi connectivity index (χ4n) is 2.68. The van der Waals surface area contributed by atoms with Crippen LogP contribution in [0.4, 0.5) is 0 Å². The van der Waals surface area contributed by atoms with Gasteiger partial charge in [0, 0.05) is 5.92 Å². The normalized spacial score (nSPS) is 28.0. The quantitative estimate of drug-likeness (QED) is 0.837. The predicted octanol–water partition coefficient (Wildman–Crippen LogP) is 3.45. The summed E-state index contributed by atoms with van der Waals surface area (Å²) in [6.45, 7) is 9.51. The van der Waals surface area contributed by atoms with E-state index in [9.17, 15) is 5.11 Å². The molecule has 1 aliphatic heterocycles. The van der Waals surface area contributed by atoms with E-state index in [-0.39, 0.29) is 18.1 Å². The van der Waals surface area contributed by atoms with E-state index in [0.29, 0.717) is 6.42 Å². The first-order chi connectivity index (χ1) is 9.44. The molecule has 1 aromatic carbocycles. The molecule has 1 saturated heterocycles. The number of benzene rings is 1. The van der Waals surface area contributed by atoms with Crippen molar-refractivity contribution in [1.82, 2.24) is 0 Å². The highest BCUT2D eigenvalue weighted by Crippen LogP contribution is 2.42. The summed E-state index contributed by atoms with van der Waals surface area (Å²) in [5.74, 6) is -0.659. The van der Waals surface area contributed by atoms with Gasteiger partial charge in [0.25, 0.3) is 0 Å². The summed E-state index contributed by atoms with van der Waals surface area (Å²) in [5.41, 5.74) is 1.08. The van der Waals surface area contributed by atoms with Crippen molar-refractivity contribution in [2.24, 2.45) is 5.92 Å². The van der Waals surface area contributed by atoms with Crippen LogP contribution in [-0.2, 0) is 9.47 Å². The van der Waals surface area contributed by atoms with Gasteiger partial charge in [-0.2, -0.15) is 0 Å². The molecule has 3 nitrogen and oxygen atoms in total. The Hall–Kier alpha value is -1.16. The van der Waals surface area contributed by atoms with Gasteiger partial charge >= 0.3 is 0 Å². The lowest BCUT2D eigenvalue weighted by Crippen LogP contribution is -2.33. The Labute approximate surface area is 121 Å². The zero-order valence-electron chi connectivity index (χ0n) is 12.5. The highest BCUT2D eigenvalue weighted by molar-refractivity contribution is 5.20. The first-order valence-electron chi connectivity index (χ1n) is 7.14. The number of rotatable bonds is 5. The van der Waals surface area contributed by atoms with Gasteiger partial charge in [0.1, 0.15) is 6.10 Å². The van der Waals surface area contributed by atoms with Crippen LogP contribution in [-0.4, -0.2) is 23.1 Å². The molecule has 1 aromatic rings. The van der Waals surface area contributed by atoms with E-state index in [1.165, 1.54) is 0 Å². The van der Waals surface area contributed by atoms with Crippen molar-refractivity contribution in [2.45, 2.75) is 51.3 Å². The van der Waals surface area contributed by atoms with Gasteiger partial charge in [-0.1, -0.05) is 43.3 Å². The fraction of sp³-hybridized carbons (Fsp3) is 0.529. The molecule has 1 fully saturated rings. The van der Waals surface area contributed by atoms with Gasteiger partial charge in [0.05, 0.1) is 12.2 Å². The minimum atomic E-state index is -0.632. The second-order valence-corrected chi connectivity index (χ2v) is 5.88. The standard InChI is InChI=1S/C17H24O3/c1-5-9-14(18)12(2)15-16(20-17(3,4)19-15)13-10-7-6-8-11-13/h5-8,10-12,14-16,18H,1,9H2,2-4H3/t12-,14-,15+,16+/m0/s1. The molecular weight excluding hydrogens is 252 g/mol. The third-order valence-electron chi connectivity index (χ3n) is 3.79. The Bertz CT molecular complexity index is 441. The summed E-state index contributed by atoms with van der Waals surface area (Å²) in [5, 5.41) is 10.2. The summed E-state index contributed by atoms with van der Waals surface area (Å²) in [6, 6.07) is 10.0. The molecule has 2 rings (SSSR count). The van der Waals surface area contributed by atoms with Crippen LogP contribution in [0.2, 0.25) is 0 Å². The summed E-state index contributed by atoms with van der Waals surface area (Å²) in [6.07, 6.45) is 1.51. The summed E-state index contributed by atoms with van der Waals surface area (Å²) >= 11 is 0. The molecule has 0 saturated carbocycles. The molecular formula is C17H24O3. The largest absolute Gasteiger partial charge is 0.392 e. The van der Waals surface area contributed by atoms with E-state index in [1.54, 1.807) is 6.08 Å². The SMILES string of the molecule is C=CC[C@H](O)[C@H](C)[C@H]1OC(C)(C)O[C@@H]1c1ccccc1. The maximum Gasteiger partial charge on any atom is 0.164 e. The zero-order chi connectivity index (χ0) is 14.8. The average molecular weight is 276 g/mol. The van der Waals surface area contributed by atoms with E-state index in [1.807, 2.05) is 51.1 Å². The molecule has 0 unspecified atom stereocenters. The molecule has 1 heterocycles. The Morgan fingerprint density at radius 2 is 1.95 bits per heavy atom. The van der Waals surface area contributed by atoms with Crippen LogP contribution in [0.1, 0.15) is 38.9 Å². The van der Waals surface area contributed by atoms with E-state index in [0.717, 1.165) is 5.56 Å². The molecule has 3 heteroatoms. The Morgan fingerprint density at radius 1 is 1.30 bits per heavy atom. The monoisotopic (exact) mass is 276 g/mol. The van der Waals surface area contributed by atoms with Gasteiger partial charge in [-0.3, -0.25) is 0 Å². The second-order valence-electron chi connectivity index (χ2n) is 5.88. The lowest BCUT2D eigenvalue weighted by Gasteiger charge is -2.27. The summed E-state index contributed by atoms with van der Waals surface area (Å²) in [4.78, 5) is 0. The summed E-state index contributed by atoms with van der Waals surface area (Å²) in [7, 11) is 0. The molecule has 0 amide bonds. The Kier molecular flexibility index (Phi) is 4.63. The van der Waals surface area contributed by atoms with Crippen LogP contribution >= 0.6 is 0 Å². The smallest absolute Gasteiger partial charge is 0.164 e. The van der Waals surface area contributed by atoms with Crippen LogP contribution in [0.5, 0.6) is 0 Å². The number of hydrogen-bond acceptors (Lipinski definition) is 3. The molecule has 0 spiro atoms. The van der Waals surface area contributed by atoms with E-state index in [2.05, 4.69) is 6.58 Å². The third-order valence-corrected chi connectivity index (χ3v) is 3.79. The first kappa shape index (κ1) is 15.2. The minimum absolute atomic E-state index is 0.0278. The maximum absolute atomic E-state index is 10.2. The molecule has 20 heavy (non-hydrogen) atoms. The molecule has 1 N–H and O–H groups in total. The van der Waals surface area contributed by atoms with Gasteiger partial charge in [-0.05, 0) is 25.8 Å². The molecule has 0 radical (unpaired) electrons. The average Bonchev–Trinajstić information content (AvgIpc) is 2.75. The van der Waals surface area contributed by atoms with Crippen molar-refractivity contribution in [2.75, 3.05) is 0 Å². The van der Waals surface area contributed by atoms with Crippen molar-refractivity contribution in [3.05, 3.63) is 48.6 Å². The highest BCUT2D eigenvalue weighted by Gasteiger charge is 2.45. The number of ether oxygens (including phenoxy) is 2. The molecule has 0 bridgehead atoms.